The third-order valence-electron chi connectivity index (χ3n) is 3.61. The second-order valence-electron chi connectivity index (χ2n) is 5.15. The molecule has 0 fully saturated rings. The molecular formula is C14H15Br2N7O. The maximum atomic E-state index is 12.2. The fourth-order valence-electron chi connectivity index (χ4n) is 2.30. The Morgan fingerprint density at radius 1 is 1.33 bits per heavy atom. The number of aryl methyl sites for hydroxylation is 1. The number of amides is 1. The molecule has 0 bridgehead atoms. The molecule has 0 atom stereocenters. The topological polar surface area (TPSA) is 93.4 Å². The van der Waals surface area contributed by atoms with Crippen molar-refractivity contribution in [2.75, 3.05) is 5.32 Å². The van der Waals surface area contributed by atoms with Crippen LogP contribution in [-0.2, 0) is 13.1 Å². The predicted molar refractivity (Wildman–Crippen MR) is 95.9 cm³/mol. The molecule has 1 amide bonds. The molecule has 0 unspecified atom stereocenters. The van der Waals surface area contributed by atoms with Gasteiger partial charge in [-0.25, -0.2) is 0 Å². The highest BCUT2D eigenvalue weighted by Crippen LogP contribution is 2.24. The summed E-state index contributed by atoms with van der Waals surface area (Å²) in [6.45, 7) is 5.52. The van der Waals surface area contributed by atoms with E-state index in [1.807, 2.05) is 17.8 Å². The van der Waals surface area contributed by atoms with Gasteiger partial charge < -0.3 is 5.32 Å². The zero-order valence-electron chi connectivity index (χ0n) is 13.0. The smallest absolute Gasteiger partial charge is 0.277 e. The number of nitrogens with zero attached hydrogens (tertiary/aromatic N) is 5. The molecule has 10 heteroatoms. The van der Waals surface area contributed by atoms with Crippen LogP contribution in [0.4, 0.5) is 5.69 Å². The molecule has 0 aromatic carbocycles. The van der Waals surface area contributed by atoms with Crippen LogP contribution in [0.2, 0.25) is 0 Å². The summed E-state index contributed by atoms with van der Waals surface area (Å²) in [5.41, 5.74) is 3.09. The van der Waals surface area contributed by atoms with Gasteiger partial charge in [-0.3, -0.25) is 19.3 Å². The highest BCUT2D eigenvalue weighted by atomic mass is 79.9. The standard InChI is InChI=1S/C14H15Br2N7O/c1-3-23-8(2)9(4-18-23)6-22-7-10(5-17-22)19-14(24)12-11(15)13(16)21-20-12/h4-5,7H,3,6H2,1-2H3,(H,19,24)(H,20,21). The minimum Gasteiger partial charge on any atom is -0.318 e. The lowest BCUT2D eigenvalue weighted by atomic mass is 10.2. The Morgan fingerprint density at radius 2 is 2.12 bits per heavy atom. The van der Waals surface area contributed by atoms with Crippen LogP contribution >= 0.6 is 31.9 Å². The van der Waals surface area contributed by atoms with Gasteiger partial charge in [0, 0.05) is 24.0 Å². The highest BCUT2D eigenvalue weighted by molar-refractivity contribution is 9.13. The Kier molecular flexibility index (Phi) is 4.86. The molecule has 0 saturated carbocycles. The first-order valence-electron chi connectivity index (χ1n) is 7.24. The minimum atomic E-state index is -0.321. The highest BCUT2D eigenvalue weighted by Gasteiger charge is 2.17. The van der Waals surface area contributed by atoms with Crippen LogP contribution in [0.1, 0.15) is 28.7 Å². The molecule has 2 N–H and O–H groups in total. The van der Waals surface area contributed by atoms with E-state index in [1.54, 1.807) is 17.1 Å². The van der Waals surface area contributed by atoms with Crippen molar-refractivity contribution in [2.24, 2.45) is 0 Å². The summed E-state index contributed by atoms with van der Waals surface area (Å²) in [6, 6.07) is 0. The summed E-state index contributed by atoms with van der Waals surface area (Å²) in [5.74, 6) is -0.321. The average molecular weight is 457 g/mol. The fourth-order valence-corrected chi connectivity index (χ4v) is 2.93. The molecule has 0 saturated heterocycles. The maximum Gasteiger partial charge on any atom is 0.277 e. The zero-order valence-corrected chi connectivity index (χ0v) is 16.2. The van der Waals surface area contributed by atoms with Gasteiger partial charge in [-0.15, -0.1) is 0 Å². The summed E-state index contributed by atoms with van der Waals surface area (Å²) in [7, 11) is 0. The van der Waals surface area contributed by atoms with Gasteiger partial charge in [-0.05, 0) is 45.7 Å². The third-order valence-corrected chi connectivity index (χ3v) is 5.49. The molecular weight excluding hydrogens is 442 g/mol. The van der Waals surface area contributed by atoms with Crippen LogP contribution in [0.3, 0.4) is 0 Å². The Balaban J connectivity index is 1.70. The predicted octanol–water partition coefficient (Wildman–Crippen LogP) is 2.96. The van der Waals surface area contributed by atoms with Gasteiger partial charge >= 0.3 is 0 Å². The first kappa shape index (κ1) is 16.9. The van der Waals surface area contributed by atoms with Crippen LogP contribution in [0.25, 0.3) is 0 Å². The number of nitrogens with one attached hydrogen (secondary N) is 2. The summed E-state index contributed by atoms with van der Waals surface area (Å²) in [4.78, 5) is 12.2. The monoisotopic (exact) mass is 455 g/mol. The average Bonchev–Trinajstić information content (AvgIpc) is 3.23. The number of hydrogen-bond acceptors (Lipinski definition) is 4. The van der Waals surface area contributed by atoms with E-state index in [1.165, 1.54) is 0 Å². The van der Waals surface area contributed by atoms with Crippen molar-refractivity contribution in [1.82, 2.24) is 29.8 Å². The lowest BCUT2D eigenvalue weighted by Crippen LogP contribution is -2.12. The molecule has 0 radical (unpaired) electrons. The molecule has 3 heterocycles. The van der Waals surface area contributed by atoms with Crippen LogP contribution < -0.4 is 5.32 Å². The van der Waals surface area contributed by atoms with Crippen LogP contribution in [0, 0.1) is 6.92 Å². The summed E-state index contributed by atoms with van der Waals surface area (Å²) < 4.78 is 4.89. The van der Waals surface area contributed by atoms with Crippen molar-refractivity contribution < 1.29 is 4.79 Å². The number of halogens is 2. The number of aromatic amines is 1. The quantitative estimate of drug-likeness (QED) is 0.617. The van der Waals surface area contributed by atoms with Gasteiger partial charge in [-0.2, -0.15) is 15.3 Å². The van der Waals surface area contributed by atoms with E-state index >= 15 is 0 Å². The van der Waals surface area contributed by atoms with Crippen molar-refractivity contribution in [2.45, 2.75) is 26.9 Å². The second-order valence-corrected chi connectivity index (χ2v) is 6.74. The zero-order chi connectivity index (χ0) is 17.3. The molecule has 3 aromatic rings. The third kappa shape index (κ3) is 3.29. The van der Waals surface area contributed by atoms with Crippen molar-refractivity contribution >= 4 is 43.5 Å². The lowest BCUT2D eigenvalue weighted by Gasteiger charge is -2.03. The molecule has 24 heavy (non-hydrogen) atoms. The van der Waals surface area contributed by atoms with Gasteiger partial charge in [0.1, 0.15) is 4.60 Å². The van der Waals surface area contributed by atoms with Gasteiger partial charge in [0.25, 0.3) is 5.91 Å². The Morgan fingerprint density at radius 3 is 2.75 bits per heavy atom. The van der Waals surface area contributed by atoms with Crippen molar-refractivity contribution in [3.8, 4) is 0 Å². The number of carbonyl (C=O) groups is 1. The first-order valence-corrected chi connectivity index (χ1v) is 8.82. The number of carbonyl (C=O) groups excluding carboxylic acids is 1. The number of H-pyrrole nitrogens is 1. The molecule has 8 nitrogen and oxygen atoms in total. The van der Waals surface area contributed by atoms with E-state index in [0.29, 0.717) is 21.3 Å². The van der Waals surface area contributed by atoms with Gasteiger partial charge in [0.15, 0.2) is 5.69 Å². The van der Waals surface area contributed by atoms with Gasteiger partial charge in [0.05, 0.1) is 29.1 Å². The van der Waals surface area contributed by atoms with Crippen molar-refractivity contribution in [3.05, 3.63) is 44.6 Å². The van der Waals surface area contributed by atoms with E-state index in [9.17, 15) is 4.79 Å². The number of aromatic nitrogens is 6. The summed E-state index contributed by atoms with van der Waals surface area (Å²) in [6.07, 6.45) is 5.22. The lowest BCUT2D eigenvalue weighted by molar-refractivity contribution is 0.102. The van der Waals surface area contributed by atoms with E-state index in [4.69, 9.17) is 0 Å². The second kappa shape index (κ2) is 6.89. The van der Waals surface area contributed by atoms with E-state index in [0.717, 1.165) is 17.8 Å². The number of rotatable bonds is 5. The Labute approximate surface area is 154 Å². The summed E-state index contributed by atoms with van der Waals surface area (Å²) >= 11 is 6.56. The largest absolute Gasteiger partial charge is 0.318 e. The van der Waals surface area contributed by atoms with E-state index in [2.05, 4.69) is 64.5 Å². The van der Waals surface area contributed by atoms with Crippen molar-refractivity contribution in [3.63, 3.8) is 0 Å². The molecule has 0 spiro atoms. The molecule has 126 valence electrons. The molecule has 0 aliphatic carbocycles. The van der Waals surface area contributed by atoms with E-state index < -0.39 is 0 Å². The number of hydrogen-bond donors (Lipinski definition) is 2. The minimum absolute atomic E-state index is 0.273. The van der Waals surface area contributed by atoms with Crippen LogP contribution in [0.15, 0.2) is 27.7 Å². The summed E-state index contributed by atoms with van der Waals surface area (Å²) in [5, 5.41) is 18.0. The molecule has 0 aliphatic rings. The number of anilines is 1. The van der Waals surface area contributed by atoms with Crippen molar-refractivity contribution in [1.29, 1.82) is 0 Å². The molecule has 0 aliphatic heterocycles. The van der Waals surface area contributed by atoms with Crippen LogP contribution in [0.5, 0.6) is 0 Å². The molecule has 3 aromatic heterocycles. The van der Waals surface area contributed by atoms with Gasteiger partial charge in [-0.1, -0.05) is 0 Å². The first-order chi connectivity index (χ1) is 11.5. The van der Waals surface area contributed by atoms with Gasteiger partial charge in [0.2, 0.25) is 0 Å². The van der Waals surface area contributed by atoms with Crippen LogP contribution in [-0.4, -0.2) is 35.7 Å². The molecule has 3 rings (SSSR count). The maximum absolute atomic E-state index is 12.2. The SMILES string of the molecule is CCn1ncc(Cn2cc(NC(=O)c3n[nH]c(Br)c3Br)cn2)c1C. The Bertz CT molecular complexity index is 880. The normalized spacial score (nSPS) is 11.0. The fraction of sp³-hybridized carbons (Fsp3) is 0.286. The Hall–Kier alpha value is -1.94. The van der Waals surface area contributed by atoms with E-state index in [-0.39, 0.29) is 11.6 Å².